The van der Waals surface area contributed by atoms with Gasteiger partial charge in [0.1, 0.15) is 0 Å². The summed E-state index contributed by atoms with van der Waals surface area (Å²) in [6.07, 6.45) is 1.56. The average molecular weight is 318 g/mol. The lowest BCUT2D eigenvalue weighted by atomic mass is 10.2. The van der Waals surface area contributed by atoms with Gasteiger partial charge in [-0.3, -0.25) is 0 Å². The second-order valence-corrected chi connectivity index (χ2v) is 5.65. The van der Waals surface area contributed by atoms with Crippen LogP contribution in [0.15, 0.2) is 27.8 Å². The molecule has 0 aliphatic carbocycles. The van der Waals surface area contributed by atoms with Crippen molar-refractivity contribution in [3.8, 4) is 0 Å². The van der Waals surface area contributed by atoms with E-state index in [0.717, 1.165) is 12.0 Å². The quantitative estimate of drug-likeness (QED) is 0.825. The summed E-state index contributed by atoms with van der Waals surface area (Å²) in [4.78, 5) is 0. The Hall–Kier alpha value is -0.750. The number of hydrogen-bond donors (Lipinski definition) is 1. The first kappa shape index (κ1) is 14.7. The fourth-order valence-electron chi connectivity index (χ4n) is 1.43. The molecule has 0 bridgehead atoms. The fourth-order valence-corrected chi connectivity index (χ4v) is 2.77. The number of rotatable bonds is 6. The van der Waals surface area contributed by atoms with Crippen molar-refractivity contribution in [3.05, 3.63) is 39.7 Å². The maximum absolute atomic E-state index is 6.09. The molecule has 0 aliphatic heterocycles. The first-order valence-corrected chi connectivity index (χ1v) is 7.52. The molecule has 2 N–H and O–H groups in total. The lowest BCUT2D eigenvalue weighted by molar-refractivity contribution is 0.410. The molecule has 0 atom stereocenters. The Bertz CT molecular complexity index is 548. The van der Waals surface area contributed by atoms with Crippen LogP contribution in [0.4, 0.5) is 0 Å². The Kier molecular flexibility index (Phi) is 5.51. The first-order chi connectivity index (χ1) is 9.19. The van der Waals surface area contributed by atoms with Gasteiger partial charge in [0.2, 0.25) is 5.89 Å². The van der Waals surface area contributed by atoms with Crippen molar-refractivity contribution < 1.29 is 4.42 Å². The Labute approximate surface area is 125 Å². The average Bonchev–Trinajstić information content (AvgIpc) is 2.83. The third kappa shape index (κ3) is 4.38. The number of thioether (sulfide) groups is 1. The van der Waals surface area contributed by atoms with Gasteiger partial charge in [-0.1, -0.05) is 41.0 Å². The summed E-state index contributed by atoms with van der Waals surface area (Å²) in [7, 11) is 0. The molecule has 4 nitrogen and oxygen atoms in total. The molecule has 2 rings (SSSR count). The van der Waals surface area contributed by atoms with Crippen LogP contribution in [0.25, 0.3) is 0 Å². The number of nitrogens with zero attached hydrogens (tertiary/aromatic N) is 2. The highest BCUT2D eigenvalue weighted by Crippen LogP contribution is 2.27. The molecule has 1 aromatic carbocycles. The molecule has 0 fully saturated rings. The van der Waals surface area contributed by atoms with E-state index in [1.54, 1.807) is 6.07 Å². The molecule has 1 heterocycles. The van der Waals surface area contributed by atoms with E-state index in [1.165, 1.54) is 11.8 Å². The van der Waals surface area contributed by atoms with Crippen molar-refractivity contribution in [2.75, 3.05) is 6.54 Å². The van der Waals surface area contributed by atoms with E-state index in [0.29, 0.717) is 39.9 Å². The standard InChI is InChI=1S/C12H13Cl2N3OS/c13-9-4-3-8(10(14)6-9)7-19-12-17-16-11(18-12)2-1-5-15/h3-4,6H,1-2,5,7,15H2. The molecule has 2 aromatic rings. The van der Waals surface area contributed by atoms with Crippen molar-refractivity contribution in [1.29, 1.82) is 0 Å². The van der Waals surface area contributed by atoms with Crippen LogP contribution in [0.2, 0.25) is 10.0 Å². The first-order valence-electron chi connectivity index (χ1n) is 5.78. The molecular formula is C12H13Cl2N3OS. The van der Waals surface area contributed by atoms with Gasteiger partial charge in [0.05, 0.1) is 0 Å². The zero-order chi connectivity index (χ0) is 13.7. The van der Waals surface area contributed by atoms with Crippen LogP contribution in [0.1, 0.15) is 17.9 Å². The minimum absolute atomic E-state index is 0.540. The summed E-state index contributed by atoms with van der Waals surface area (Å²) >= 11 is 13.4. The van der Waals surface area contributed by atoms with Crippen LogP contribution >= 0.6 is 35.0 Å². The van der Waals surface area contributed by atoms with E-state index in [9.17, 15) is 0 Å². The van der Waals surface area contributed by atoms with Gasteiger partial charge in [0.15, 0.2) is 0 Å². The predicted octanol–water partition coefficient (Wildman–Crippen LogP) is 3.56. The van der Waals surface area contributed by atoms with E-state index in [4.69, 9.17) is 33.4 Å². The molecule has 0 aliphatic rings. The minimum Gasteiger partial charge on any atom is -0.416 e. The third-order valence-corrected chi connectivity index (χ3v) is 3.86. The topological polar surface area (TPSA) is 64.9 Å². The SMILES string of the molecule is NCCCc1nnc(SCc2ccc(Cl)cc2Cl)o1. The van der Waals surface area contributed by atoms with Gasteiger partial charge in [-0.25, -0.2) is 0 Å². The Morgan fingerprint density at radius 3 is 2.84 bits per heavy atom. The highest BCUT2D eigenvalue weighted by molar-refractivity contribution is 7.98. The number of aromatic nitrogens is 2. The number of hydrogen-bond acceptors (Lipinski definition) is 5. The molecule has 0 amide bonds. The molecule has 7 heteroatoms. The van der Waals surface area contributed by atoms with Crippen LogP contribution in [0, 0.1) is 0 Å². The summed E-state index contributed by atoms with van der Waals surface area (Å²) in [5.74, 6) is 1.28. The van der Waals surface area contributed by atoms with Gasteiger partial charge >= 0.3 is 0 Å². The van der Waals surface area contributed by atoms with Crippen LogP contribution in [0.5, 0.6) is 0 Å². The normalized spacial score (nSPS) is 10.9. The summed E-state index contributed by atoms with van der Waals surface area (Å²) in [6, 6.07) is 5.42. The van der Waals surface area contributed by atoms with Crippen molar-refractivity contribution in [2.45, 2.75) is 23.8 Å². The zero-order valence-electron chi connectivity index (χ0n) is 10.1. The van der Waals surface area contributed by atoms with Crippen molar-refractivity contribution >= 4 is 35.0 Å². The number of nitrogens with two attached hydrogens (primary N) is 1. The van der Waals surface area contributed by atoms with Crippen LogP contribution in [-0.4, -0.2) is 16.7 Å². The maximum atomic E-state index is 6.09. The monoisotopic (exact) mass is 317 g/mol. The van der Waals surface area contributed by atoms with Gasteiger partial charge in [0.25, 0.3) is 5.22 Å². The van der Waals surface area contributed by atoms with E-state index >= 15 is 0 Å². The molecule has 102 valence electrons. The van der Waals surface area contributed by atoms with Crippen molar-refractivity contribution in [3.63, 3.8) is 0 Å². The molecule has 19 heavy (non-hydrogen) atoms. The lowest BCUT2D eigenvalue weighted by Gasteiger charge is -2.02. The molecule has 0 radical (unpaired) electrons. The van der Waals surface area contributed by atoms with Crippen LogP contribution < -0.4 is 5.73 Å². The van der Waals surface area contributed by atoms with Gasteiger partial charge in [0, 0.05) is 22.2 Å². The Morgan fingerprint density at radius 2 is 2.11 bits per heavy atom. The number of benzene rings is 1. The van der Waals surface area contributed by atoms with E-state index < -0.39 is 0 Å². The van der Waals surface area contributed by atoms with E-state index in [-0.39, 0.29) is 0 Å². The number of halogens is 2. The van der Waals surface area contributed by atoms with Crippen LogP contribution in [-0.2, 0) is 12.2 Å². The van der Waals surface area contributed by atoms with Crippen LogP contribution in [0.3, 0.4) is 0 Å². The van der Waals surface area contributed by atoms with Gasteiger partial charge < -0.3 is 10.2 Å². The summed E-state index contributed by atoms with van der Waals surface area (Å²) in [6.45, 7) is 0.616. The molecule has 1 aromatic heterocycles. The lowest BCUT2D eigenvalue weighted by Crippen LogP contribution is -2.00. The molecular weight excluding hydrogens is 305 g/mol. The molecule has 0 spiro atoms. The van der Waals surface area contributed by atoms with Gasteiger partial charge in [-0.15, -0.1) is 10.2 Å². The molecule has 0 saturated heterocycles. The maximum Gasteiger partial charge on any atom is 0.276 e. The third-order valence-electron chi connectivity index (χ3n) is 2.41. The second kappa shape index (κ2) is 7.14. The van der Waals surface area contributed by atoms with Gasteiger partial charge in [-0.2, -0.15) is 0 Å². The fraction of sp³-hybridized carbons (Fsp3) is 0.333. The number of aryl methyl sites for hydroxylation is 1. The highest BCUT2D eigenvalue weighted by Gasteiger charge is 2.08. The summed E-state index contributed by atoms with van der Waals surface area (Å²) in [5.41, 5.74) is 6.41. The zero-order valence-corrected chi connectivity index (χ0v) is 12.4. The smallest absolute Gasteiger partial charge is 0.276 e. The van der Waals surface area contributed by atoms with E-state index in [2.05, 4.69) is 10.2 Å². The highest BCUT2D eigenvalue weighted by atomic mass is 35.5. The Balaban J connectivity index is 1.92. The minimum atomic E-state index is 0.540. The Morgan fingerprint density at radius 1 is 1.26 bits per heavy atom. The predicted molar refractivity (Wildman–Crippen MR) is 77.7 cm³/mol. The summed E-state index contributed by atoms with van der Waals surface area (Å²) in [5, 5.41) is 9.73. The molecule has 0 saturated carbocycles. The summed E-state index contributed by atoms with van der Waals surface area (Å²) < 4.78 is 5.49. The van der Waals surface area contributed by atoms with Crippen molar-refractivity contribution in [1.82, 2.24) is 10.2 Å². The second-order valence-electron chi connectivity index (χ2n) is 3.88. The van der Waals surface area contributed by atoms with Crippen molar-refractivity contribution in [2.24, 2.45) is 5.73 Å². The van der Waals surface area contributed by atoms with Gasteiger partial charge in [-0.05, 0) is 30.7 Å². The molecule has 0 unspecified atom stereocenters. The largest absolute Gasteiger partial charge is 0.416 e. The van der Waals surface area contributed by atoms with E-state index in [1.807, 2.05) is 12.1 Å².